The average Bonchev–Trinajstić information content (AvgIpc) is 3.22. The van der Waals surface area contributed by atoms with E-state index in [9.17, 15) is 10.1 Å². The smallest absolute Gasteiger partial charge is 0.294 e. The Hall–Kier alpha value is -4.25. The highest BCUT2D eigenvalue weighted by molar-refractivity contribution is 5.82. The van der Waals surface area contributed by atoms with Crippen molar-refractivity contribution in [1.29, 1.82) is 0 Å². The van der Waals surface area contributed by atoms with Gasteiger partial charge >= 0.3 is 0 Å². The normalized spacial score (nSPS) is 12.1. The van der Waals surface area contributed by atoms with Crippen molar-refractivity contribution < 1.29 is 11.0 Å². The molecule has 0 unspecified atom stereocenters. The molecule has 2 heterocycles. The Labute approximate surface area is 223 Å². The predicted molar refractivity (Wildman–Crippen MR) is 151 cm³/mol. The van der Waals surface area contributed by atoms with E-state index in [1.54, 1.807) is 18.3 Å². The van der Waals surface area contributed by atoms with Gasteiger partial charge in [-0.1, -0.05) is 6.07 Å². The summed E-state index contributed by atoms with van der Waals surface area (Å²) in [4.78, 5) is 29.0. The van der Waals surface area contributed by atoms with Crippen LogP contribution in [0.4, 0.5) is 23.0 Å². The fraction of sp³-hybridized carbons (Fsp3) is 0.370. The average molecular weight is 520 g/mol. The Balaban J connectivity index is 1.70. The molecule has 0 aliphatic rings. The van der Waals surface area contributed by atoms with Gasteiger partial charge in [0.15, 0.2) is 0 Å². The summed E-state index contributed by atoms with van der Waals surface area (Å²) in [5.41, 5.74) is 3.90. The molecule has 0 spiro atoms. The maximum atomic E-state index is 12.0. The van der Waals surface area contributed by atoms with Gasteiger partial charge in [-0.05, 0) is 53.1 Å². The first-order valence-electron chi connectivity index (χ1n) is 12.7. The number of anilines is 3. The lowest BCUT2D eigenvalue weighted by atomic mass is 10.1. The summed E-state index contributed by atoms with van der Waals surface area (Å²) in [6, 6.07) is 9.79. The zero-order chi connectivity index (χ0) is 28.5. The molecule has 1 N–H and O–H groups in total. The van der Waals surface area contributed by atoms with Crippen LogP contribution >= 0.6 is 0 Å². The quantitative estimate of drug-likeness (QED) is 0.227. The van der Waals surface area contributed by atoms with Crippen molar-refractivity contribution in [2.75, 3.05) is 51.6 Å². The molecule has 4 rings (SSSR count). The van der Waals surface area contributed by atoms with E-state index >= 15 is 0 Å². The van der Waals surface area contributed by atoms with E-state index in [0.717, 1.165) is 29.0 Å². The van der Waals surface area contributed by atoms with E-state index in [4.69, 9.17) is 6.11 Å². The van der Waals surface area contributed by atoms with Gasteiger partial charge in [0.05, 0.1) is 35.8 Å². The predicted octanol–water partition coefficient (Wildman–Crippen LogP) is 5.04. The molecular weight excluding hydrogens is 484 g/mol. The van der Waals surface area contributed by atoms with Crippen LogP contribution in [0.2, 0.25) is 0 Å². The number of nitro benzene ring substituents is 1. The van der Waals surface area contributed by atoms with Crippen LogP contribution in [-0.4, -0.2) is 70.7 Å². The van der Waals surface area contributed by atoms with Crippen molar-refractivity contribution in [3.8, 4) is 17.0 Å². The number of methoxy groups -OCH3 is 1. The molecule has 0 atom stereocenters. The van der Waals surface area contributed by atoms with Gasteiger partial charge in [-0.15, -0.1) is 0 Å². The molecule has 4 aromatic rings. The fourth-order valence-electron chi connectivity index (χ4n) is 4.37. The second-order valence-electron chi connectivity index (χ2n) is 9.56. The second kappa shape index (κ2) is 11.0. The van der Waals surface area contributed by atoms with Gasteiger partial charge in [0.2, 0.25) is 5.95 Å². The molecule has 0 bridgehead atoms. The third kappa shape index (κ3) is 5.52. The summed E-state index contributed by atoms with van der Waals surface area (Å²) in [7, 11) is 7.24. The number of benzene rings is 2. The van der Waals surface area contributed by atoms with Crippen molar-refractivity contribution in [3.05, 3.63) is 58.5 Å². The van der Waals surface area contributed by atoms with E-state index in [2.05, 4.69) is 20.3 Å². The van der Waals surface area contributed by atoms with Crippen molar-refractivity contribution in [2.45, 2.75) is 26.8 Å². The van der Waals surface area contributed by atoms with Crippen molar-refractivity contribution in [2.24, 2.45) is 0 Å². The summed E-state index contributed by atoms with van der Waals surface area (Å²) in [5.74, 6) is 1.45. The van der Waals surface area contributed by atoms with Crippen molar-refractivity contribution in [1.82, 2.24) is 24.4 Å². The zero-order valence-corrected chi connectivity index (χ0v) is 22.8. The number of hydrogen-bond donors (Lipinski definition) is 1. The summed E-state index contributed by atoms with van der Waals surface area (Å²) in [5, 5.41) is 15.1. The Morgan fingerprint density at radius 1 is 1.16 bits per heavy atom. The molecule has 0 saturated carbocycles. The van der Waals surface area contributed by atoms with Gasteiger partial charge in [-0.25, -0.2) is 15.0 Å². The minimum atomic E-state index is -0.881. The number of fused-ring (bicyclic) bond motifs is 1. The Morgan fingerprint density at radius 2 is 1.92 bits per heavy atom. The number of nitro groups is 1. The van der Waals surface area contributed by atoms with Gasteiger partial charge in [0, 0.05) is 50.0 Å². The fourth-order valence-corrected chi connectivity index (χ4v) is 4.37. The van der Waals surface area contributed by atoms with E-state index in [1.165, 1.54) is 13.2 Å². The molecule has 11 nitrogen and oxygen atoms in total. The monoisotopic (exact) mass is 519 g/mol. The molecule has 11 heteroatoms. The number of aromatic nitrogens is 4. The second-order valence-corrected chi connectivity index (χ2v) is 9.56. The summed E-state index contributed by atoms with van der Waals surface area (Å²) in [6.07, 6.45) is 1.62. The van der Waals surface area contributed by atoms with Crippen LogP contribution in [0.5, 0.6) is 5.75 Å². The Kier molecular flexibility index (Phi) is 7.36. The number of hydrogen-bond acceptors (Lipinski definition) is 9. The number of rotatable bonds is 10. The Morgan fingerprint density at radius 3 is 2.58 bits per heavy atom. The van der Waals surface area contributed by atoms with Crippen molar-refractivity contribution in [3.63, 3.8) is 0 Å². The number of aryl methyl sites for hydroxylation is 1. The molecule has 0 aliphatic heterocycles. The maximum absolute atomic E-state index is 12.0. The minimum Gasteiger partial charge on any atom is -0.494 e. The molecule has 200 valence electrons. The number of imidazole rings is 1. The molecule has 2 aromatic heterocycles. The zero-order valence-electron chi connectivity index (χ0n) is 23.8. The maximum Gasteiger partial charge on any atom is 0.294 e. The first-order chi connectivity index (χ1) is 18.4. The first kappa shape index (κ1) is 25.4. The highest BCUT2D eigenvalue weighted by Gasteiger charge is 2.22. The van der Waals surface area contributed by atoms with Gasteiger partial charge in [0.25, 0.3) is 5.69 Å². The number of likely N-dealkylation sites (N-methyl/N-ethyl adjacent to an activating group) is 2. The van der Waals surface area contributed by atoms with Crippen LogP contribution in [0, 0.1) is 17.0 Å². The van der Waals surface area contributed by atoms with E-state index in [0.29, 0.717) is 29.4 Å². The summed E-state index contributed by atoms with van der Waals surface area (Å²) < 4.78 is 16.0. The van der Waals surface area contributed by atoms with E-state index in [1.807, 2.05) is 74.5 Å². The van der Waals surface area contributed by atoms with Crippen LogP contribution in [-0.2, 0) is 0 Å². The summed E-state index contributed by atoms with van der Waals surface area (Å²) in [6.45, 7) is 6.87. The number of ether oxygens (including phenoxy) is 1. The van der Waals surface area contributed by atoms with Crippen LogP contribution < -0.4 is 15.0 Å². The topological polar surface area (TPSA) is 114 Å². The number of nitrogens with one attached hydrogen (secondary N) is 1. The lowest BCUT2D eigenvalue weighted by Gasteiger charge is -2.22. The lowest BCUT2D eigenvalue weighted by Crippen LogP contribution is -2.28. The van der Waals surface area contributed by atoms with Gasteiger partial charge < -0.3 is 24.4 Å². The van der Waals surface area contributed by atoms with Crippen LogP contribution in [0.25, 0.3) is 22.3 Å². The van der Waals surface area contributed by atoms with Gasteiger partial charge in [-0.3, -0.25) is 10.1 Å². The molecule has 0 aliphatic carbocycles. The molecular formula is C27H34N8O3. The molecule has 2 aromatic carbocycles. The Bertz CT molecular complexity index is 1510. The molecule has 0 radical (unpaired) electrons. The van der Waals surface area contributed by atoms with Crippen LogP contribution in [0.15, 0.2) is 42.6 Å². The molecule has 0 amide bonds. The highest BCUT2D eigenvalue weighted by atomic mass is 16.6. The molecule has 38 heavy (non-hydrogen) atoms. The van der Waals surface area contributed by atoms with Crippen LogP contribution in [0.1, 0.15) is 27.1 Å². The standard InChI is InChI=1S/C27H34N8O3/c1-17(2)34-18(3)29-21-9-8-19(14-23(21)34)20-10-11-28-27(30-20)31-22-15-25(35(36)37)24(16-26(22)38-7)33(6)13-12-32(4)5/h8-11,14-17H,12-13H2,1-7H3,(H,28,30,31)/i17D. The summed E-state index contributed by atoms with van der Waals surface area (Å²) >= 11 is 0. The van der Waals surface area contributed by atoms with E-state index in [-0.39, 0.29) is 11.6 Å². The SMILES string of the molecule is [2H]C(C)(C)n1c(C)nc2ccc(-c3ccnc(Nc4cc([N+](=O)[O-])c(N(C)CCN(C)C)cc4OC)n3)cc21. The van der Waals surface area contributed by atoms with Crippen LogP contribution in [0.3, 0.4) is 0 Å². The third-order valence-corrected chi connectivity index (χ3v) is 6.25. The molecule has 0 fully saturated rings. The van der Waals surface area contributed by atoms with Gasteiger partial charge in [-0.2, -0.15) is 0 Å². The highest BCUT2D eigenvalue weighted by Crippen LogP contribution is 2.39. The van der Waals surface area contributed by atoms with E-state index < -0.39 is 10.9 Å². The third-order valence-electron chi connectivity index (χ3n) is 6.25. The lowest BCUT2D eigenvalue weighted by molar-refractivity contribution is -0.384. The van der Waals surface area contributed by atoms with Gasteiger partial charge in [0.1, 0.15) is 17.3 Å². The largest absolute Gasteiger partial charge is 0.494 e. The minimum absolute atomic E-state index is 0.0530. The number of nitrogens with zero attached hydrogens (tertiary/aromatic N) is 7. The first-order valence-corrected chi connectivity index (χ1v) is 12.2. The molecule has 0 saturated heterocycles. The van der Waals surface area contributed by atoms with Crippen molar-refractivity contribution >= 4 is 34.0 Å².